The second kappa shape index (κ2) is 7.16. The van der Waals surface area contributed by atoms with Gasteiger partial charge in [0.1, 0.15) is 0 Å². The maximum Gasteiger partial charge on any atom is 0.339 e. The van der Waals surface area contributed by atoms with Gasteiger partial charge >= 0.3 is 5.97 Å². The molecule has 0 saturated carbocycles. The van der Waals surface area contributed by atoms with E-state index in [-0.39, 0.29) is 5.97 Å². The van der Waals surface area contributed by atoms with E-state index in [1.54, 1.807) is 0 Å². The largest absolute Gasteiger partial charge is 0.462 e. The lowest BCUT2D eigenvalue weighted by molar-refractivity contribution is 0.0525. The van der Waals surface area contributed by atoms with E-state index in [0.29, 0.717) is 17.2 Å². The molecule has 2 aromatic carbocycles. The fourth-order valence-corrected chi connectivity index (χ4v) is 3.01. The van der Waals surface area contributed by atoms with Crippen LogP contribution in [0.4, 0.5) is 0 Å². The van der Waals surface area contributed by atoms with Crippen LogP contribution in [0.15, 0.2) is 54.6 Å². The smallest absolute Gasteiger partial charge is 0.339 e. The molecule has 128 valence electrons. The molecule has 0 N–H and O–H groups in total. The van der Waals surface area contributed by atoms with Crippen LogP contribution in [-0.2, 0) is 4.74 Å². The number of ether oxygens (including phenoxy) is 1. The molecule has 0 atom stereocenters. The van der Waals surface area contributed by atoms with Gasteiger partial charge in [0.2, 0.25) is 0 Å². The third-order valence-electron chi connectivity index (χ3n) is 4.17. The van der Waals surface area contributed by atoms with Crippen LogP contribution in [0, 0.1) is 13.8 Å². The number of esters is 1. The molecular weight excluding hydrogens is 334 g/mol. The van der Waals surface area contributed by atoms with Crippen molar-refractivity contribution in [1.82, 2.24) is 4.57 Å². The van der Waals surface area contributed by atoms with Crippen LogP contribution in [0.3, 0.4) is 0 Å². The molecule has 0 unspecified atom stereocenters. The van der Waals surface area contributed by atoms with Crippen molar-refractivity contribution < 1.29 is 9.53 Å². The van der Waals surface area contributed by atoms with E-state index >= 15 is 0 Å². The van der Waals surface area contributed by atoms with Crippen LogP contribution in [-0.4, -0.2) is 17.1 Å². The number of carbonyl (C=O) groups excluding carboxylic acids is 1. The first kappa shape index (κ1) is 17.3. The van der Waals surface area contributed by atoms with Gasteiger partial charge in [-0.3, -0.25) is 0 Å². The molecule has 0 aliphatic heterocycles. The summed E-state index contributed by atoms with van der Waals surface area (Å²) in [6, 6.07) is 17.7. The van der Waals surface area contributed by atoms with Crippen molar-refractivity contribution in [3.05, 3.63) is 76.4 Å². The summed E-state index contributed by atoms with van der Waals surface area (Å²) < 4.78 is 7.28. The van der Waals surface area contributed by atoms with Crippen LogP contribution in [0.5, 0.6) is 0 Å². The molecule has 0 bridgehead atoms. The van der Waals surface area contributed by atoms with Gasteiger partial charge < -0.3 is 9.30 Å². The minimum Gasteiger partial charge on any atom is -0.462 e. The van der Waals surface area contributed by atoms with Gasteiger partial charge in [-0.1, -0.05) is 41.4 Å². The lowest BCUT2D eigenvalue weighted by atomic mass is 10.1. The Morgan fingerprint density at radius 3 is 2.28 bits per heavy atom. The molecule has 25 heavy (non-hydrogen) atoms. The predicted octanol–water partition coefficient (Wildman–Crippen LogP) is 5.59. The summed E-state index contributed by atoms with van der Waals surface area (Å²) in [5.74, 6) is -0.305. The molecule has 0 fully saturated rings. The topological polar surface area (TPSA) is 31.2 Å². The highest BCUT2D eigenvalue weighted by Gasteiger charge is 2.20. The zero-order chi connectivity index (χ0) is 18.0. The first-order valence-electron chi connectivity index (χ1n) is 8.23. The number of halogens is 1. The number of aromatic nitrogens is 1. The van der Waals surface area contributed by atoms with Gasteiger partial charge in [-0.05, 0) is 56.7 Å². The van der Waals surface area contributed by atoms with Crippen LogP contribution < -0.4 is 0 Å². The Morgan fingerprint density at radius 1 is 1.04 bits per heavy atom. The summed E-state index contributed by atoms with van der Waals surface area (Å²) in [5.41, 5.74) is 5.55. The van der Waals surface area contributed by atoms with Crippen LogP contribution in [0.2, 0.25) is 5.02 Å². The second-order valence-corrected chi connectivity index (χ2v) is 6.36. The Bertz CT molecular complexity index is 893. The van der Waals surface area contributed by atoms with Crippen molar-refractivity contribution in [2.75, 3.05) is 6.61 Å². The van der Waals surface area contributed by atoms with E-state index in [1.807, 2.05) is 44.2 Å². The first-order chi connectivity index (χ1) is 12.0. The monoisotopic (exact) mass is 353 g/mol. The van der Waals surface area contributed by atoms with E-state index in [0.717, 1.165) is 22.6 Å². The Kier molecular flexibility index (Phi) is 4.95. The maximum atomic E-state index is 12.3. The minimum atomic E-state index is -0.305. The fraction of sp³-hybridized carbons (Fsp3) is 0.190. The Morgan fingerprint density at radius 2 is 1.68 bits per heavy atom. The van der Waals surface area contributed by atoms with Crippen LogP contribution in [0.1, 0.15) is 28.5 Å². The molecule has 0 radical (unpaired) electrons. The summed E-state index contributed by atoms with van der Waals surface area (Å²) in [6.45, 7) is 6.14. The lowest BCUT2D eigenvalue weighted by Crippen LogP contribution is -2.06. The van der Waals surface area contributed by atoms with Crippen molar-refractivity contribution in [3.8, 4) is 16.9 Å². The molecule has 1 aromatic heterocycles. The molecule has 0 aliphatic rings. The average molecular weight is 354 g/mol. The van der Waals surface area contributed by atoms with E-state index in [4.69, 9.17) is 16.3 Å². The molecule has 0 amide bonds. The van der Waals surface area contributed by atoms with Gasteiger partial charge in [0.25, 0.3) is 0 Å². The third kappa shape index (κ3) is 3.47. The van der Waals surface area contributed by atoms with Crippen molar-refractivity contribution in [1.29, 1.82) is 0 Å². The highest BCUT2D eigenvalue weighted by molar-refractivity contribution is 6.30. The van der Waals surface area contributed by atoms with E-state index in [9.17, 15) is 4.79 Å². The lowest BCUT2D eigenvalue weighted by Gasteiger charge is -2.12. The van der Waals surface area contributed by atoms with E-state index < -0.39 is 0 Å². The summed E-state index contributed by atoms with van der Waals surface area (Å²) in [6.07, 6.45) is 0. The molecule has 4 heteroatoms. The van der Waals surface area contributed by atoms with Crippen LogP contribution >= 0.6 is 11.6 Å². The van der Waals surface area contributed by atoms with Crippen molar-refractivity contribution in [2.24, 2.45) is 0 Å². The van der Waals surface area contributed by atoms with Crippen molar-refractivity contribution in [2.45, 2.75) is 20.8 Å². The average Bonchev–Trinajstić information content (AvgIpc) is 2.94. The molecule has 0 aliphatic carbocycles. The SMILES string of the molecule is CCOC(=O)c1cc(-c2ccc(C)cc2)n(-c2ccc(Cl)cc2)c1C. The van der Waals surface area contributed by atoms with Gasteiger partial charge in [-0.25, -0.2) is 4.79 Å². The van der Waals surface area contributed by atoms with Crippen molar-refractivity contribution in [3.63, 3.8) is 0 Å². The number of rotatable bonds is 4. The van der Waals surface area contributed by atoms with Crippen molar-refractivity contribution >= 4 is 17.6 Å². The Labute approximate surface area is 152 Å². The minimum absolute atomic E-state index is 0.305. The number of aryl methyl sites for hydroxylation is 1. The number of hydrogen-bond acceptors (Lipinski definition) is 2. The van der Waals surface area contributed by atoms with Gasteiger partial charge in [0.05, 0.1) is 17.9 Å². The highest BCUT2D eigenvalue weighted by atomic mass is 35.5. The number of hydrogen-bond donors (Lipinski definition) is 0. The summed E-state index contributed by atoms with van der Waals surface area (Å²) in [7, 11) is 0. The molecule has 0 spiro atoms. The summed E-state index contributed by atoms with van der Waals surface area (Å²) >= 11 is 6.03. The van der Waals surface area contributed by atoms with Gasteiger partial charge in [-0.15, -0.1) is 0 Å². The molecule has 3 rings (SSSR count). The number of nitrogens with zero attached hydrogens (tertiary/aromatic N) is 1. The normalized spacial score (nSPS) is 10.7. The van der Waals surface area contributed by atoms with Gasteiger partial charge in [0, 0.05) is 16.4 Å². The first-order valence-corrected chi connectivity index (χ1v) is 8.61. The van der Waals surface area contributed by atoms with E-state index in [2.05, 4.69) is 35.8 Å². The second-order valence-electron chi connectivity index (χ2n) is 5.93. The summed E-state index contributed by atoms with van der Waals surface area (Å²) in [5, 5.41) is 0.677. The molecular formula is C21H20ClNO2. The zero-order valence-corrected chi connectivity index (χ0v) is 15.3. The van der Waals surface area contributed by atoms with Gasteiger partial charge in [0.15, 0.2) is 0 Å². The fourth-order valence-electron chi connectivity index (χ4n) is 2.88. The highest BCUT2D eigenvalue weighted by Crippen LogP contribution is 2.30. The third-order valence-corrected chi connectivity index (χ3v) is 4.43. The quantitative estimate of drug-likeness (QED) is 0.572. The Hall–Kier alpha value is -2.52. The molecule has 1 heterocycles. The zero-order valence-electron chi connectivity index (χ0n) is 14.5. The maximum absolute atomic E-state index is 12.3. The molecule has 0 saturated heterocycles. The Balaban J connectivity index is 2.21. The van der Waals surface area contributed by atoms with Gasteiger partial charge in [-0.2, -0.15) is 0 Å². The molecule has 3 nitrogen and oxygen atoms in total. The standard InChI is InChI=1S/C21H20ClNO2/c1-4-25-21(24)19-13-20(16-7-5-14(2)6-8-16)23(15(19)3)18-11-9-17(22)10-12-18/h5-13H,4H2,1-3H3. The summed E-state index contributed by atoms with van der Waals surface area (Å²) in [4.78, 5) is 12.3. The van der Waals surface area contributed by atoms with Crippen LogP contribution in [0.25, 0.3) is 16.9 Å². The number of benzene rings is 2. The number of carbonyl (C=O) groups is 1. The molecule has 3 aromatic rings. The predicted molar refractivity (Wildman–Crippen MR) is 102 cm³/mol. The van der Waals surface area contributed by atoms with E-state index in [1.165, 1.54) is 5.56 Å².